The largest absolute Gasteiger partial charge is 0.304 e. The van der Waals surface area contributed by atoms with Gasteiger partial charge in [0.15, 0.2) is 5.65 Å². The number of sulfonamides is 1. The molecule has 0 bridgehead atoms. The first-order valence-electron chi connectivity index (χ1n) is 8.15. The quantitative estimate of drug-likeness (QED) is 0.297. The van der Waals surface area contributed by atoms with Crippen molar-refractivity contribution in [3.8, 4) is 11.3 Å². The van der Waals surface area contributed by atoms with Gasteiger partial charge in [-0.1, -0.05) is 35.3 Å². The molecule has 2 aromatic heterocycles. The summed E-state index contributed by atoms with van der Waals surface area (Å²) in [6.07, 6.45) is 3.76. The van der Waals surface area contributed by atoms with Crippen LogP contribution in [0.15, 0.2) is 74.8 Å². The SMILES string of the molecule is O=S(=O)(Nc1cccc(-c2cn3cc(Br)cc(Br)c3n2)c1)c1cc(Cl)ccc1Cl. The van der Waals surface area contributed by atoms with Gasteiger partial charge >= 0.3 is 0 Å². The molecule has 10 heteroatoms. The molecule has 0 aliphatic heterocycles. The van der Waals surface area contributed by atoms with E-state index in [0.29, 0.717) is 11.4 Å². The van der Waals surface area contributed by atoms with Crippen molar-refractivity contribution < 1.29 is 8.42 Å². The first-order chi connectivity index (χ1) is 13.7. The van der Waals surface area contributed by atoms with Crippen molar-refractivity contribution in [1.82, 2.24) is 9.38 Å². The molecule has 0 saturated heterocycles. The van der Waals surface area contributed by atoms with Crippen LogP contribution >= 0.6 is 55.1 Å². The number of fused-ring (bicyclic) bond motifs is 1. The zero-order chi connectivity index (χ0) is 20.8. The maximum atomic E-state index is 12.8. The summed E-state index contributed by atoms with van der Waals surface area (Å²) in [5, 5.41) is 0.374. The number of anilines is 1. The number of hydrogen-bond donors (Lipinski definition) is 1. The molecule has 0 saturated carbocycles. The molecular weight excluding hydrogens is 565 g/mol. The molecular formula is C19H11Br2Cl2N3O2S. The van der Waals surface area contributed by atoms with Crippen LogP contribution in [-0.4, -0.2) is 17.8 Å². The molecule has 5 nitrogen and oxygen atoms in total. The smallest absolute Gasteiger partial charge is 0.263 e. The Balaban J connectivity index is 1.71. The fourth-order valence-corrected chi connectivity index (χ4v) is 5.91. The summed E-state index contributed by atoms with van der Waals surface area (Å²) >= 11 is 18.9. The number of rotatable bonds is 4. The molecule has 0 radical (unpaired) electrons. The Labute approximate surface area is 194 Å². The fraction of sp³-hybridized carbons (Fsp3) is 0. The highest BCUT2D eigenvalue weighted by molar-refractivity contribution is 9.11. The highest BCUT2D eigenvalue weighted by atomic mass is 79.9. The van der Waals surface area contributed by atoms with Crippen LogP contribution in [0.5, 0.6) is 0 Å². The topological polar surface area (TPSA) is 63.5 Å². The number of halogens is 4. The summed E-state index contributed by atoms with van der Waals surface area (Å²) in [5.74, 6) is 0. The van der Waals surface area contributed by atoms with Gasteiger partial charge in [-0.2, -0.15) is 0 Å². The van der Waals surface area contributed by atoms with Gasteiger partial charge in [-0.25, -0.2) is 13.4 Å². The molecule has 0 atom stereocenters. The predicted octanol–water partition coefficient (Wildman–Crippen LogP) is 6.63. The Morgan fingerprint density at radius 3 is 2.59 bits per heavy atom. The Bertz CT molecular complexity index is 1360. The van der Waals surface area contributed by atoms with E-state index in [4.69, 9.17) is 23.2 Å². The molecule has 0 aliphatic carbocycles. The summed E-state index contributed by atoms with van der Waals surface area (Å²) in [7, 11) is -3.91. The second-order valence-electron chi connectivity index (χ2n) is 6.12. The normalized spacial score (nSPS) is 11.7. The van der Waals surface area contributed by atoms with E-state index < -0.39 is 10.0 Å². The third-order valence-electron chi connectivity index (χ3n) is 4.07. The van der Waals surface area contributed by atoms with E-state index in [1.54, 1.807) is 18.2 Å². The number of aromatic nitrogens is 2. The van der Waals surface area contributed by atoms with Gasteiger partial charge in [0.1, 0.15) is 4.90 Å². The van der Waals surface area contributed by atoms with Gasteiger partial charge in [-0.15, -0.1) is 0 Å². The molecule has 0 fully saturated rings. The van der Waals surface area contributed by atoms with Crippen molar-refractivity contribution in [2.45, 2.75) is 4.90 Å². The molecule has 4 rings (SSSR count). The van der Waals surface area contributed by atoms with Gasteiger partial charge in [-0.3, -0.25) is 4.72 Å². The minimum atomic E-state index is -3.91. The Morgan fingerprint density at radius 2 is 1.79 bits per heavy atom. The lowest BCUT2D eigenvalue weighted by Crippen LogP contribution is -2.13. The Morgan fingerprint density at radius 1 is 1.00 bits per heavy atom. The van der Waals surface area contributed by atoms with Gasteiger partial charge in [-0.05, 0) is 68.3 Å². The maximum Gasteiger partial charge on any atom is 0.263 e. The molecule has 0 spiro atoms. The molecule has 1 N–H and O–H groups in total. The maximum absolute atomic E-state index is 12.8. The van der Waals surface area contributed by atoms with E-state index in [0.717, 1.165) is 20.2 Å². The molecule has 29 heavy (non-hydrogen) atoms. The van der Waals surface area contributed by atoms with Gasteiger partial charge in [0, 0.05) is 33.1 Å². The van der Waals surface area contributed by atoms with Crippen LogP contribution in [0.1, 0.15) is 0 Å². The lowest BCUT2D eigenvalue weighted by molar-refractivity contribution is 0.601. The van der Waals surface area contributed by atoms with Crippen molar-refractivity contribution >= 4 is 76.4 Å². The zero-order valence-corrected chi connectivity index (χ0v) is 19.9. The number of nitrogens with zero attached hydrogens (tertiary/aromatic N) is 2. The number of imidazole rings is 1. The van der Waals surface area contributed by atoms with Crippen LogP contribution in [0.3, 0.4) is 0 Å². The predicted molar refractivity (Wildman–Crippen MR) is 123 cm³/mol. The second-order valence-corrected chi connectivity index (χ2v) is 10.4. The number of benzene rings is 2. The molecule has 148 valence electrons. The molecule has 0 unspecified atom stereocenters. The summed E-state index contributed by atoms with van der Waals surface area (Å²) in [6, 6.07) is 13.2. The molecule has 0 amide bonds. The lowest BCUT2D eigenvalue weighted by Gasteiger charge is -2.10. The van der Waals surface area contributed by atoms with E-state index in [-0.39, 0.29) is 14.9 Å². The molecule has 2 aromatic carbocycles. The first-order valence-corrected chi connectivity index (χ1v) is 12.0. The monoisotopic (exact) mass is 573 g/mol. The Kier molecular flexibility index (Phi) is 5.65. The summed E-state index contributed by atoms with van der Waals surface area (Å²) < 4.78 is 31.7. The van der Waals surface area contributed by atoms with Crippen molar-refractivity contribution in [1.29, 1.82) is 0 Å². The van der Waals surface area contributed by atoms with Gasteiger partial charge in [0.25, 0.3) is 10.0 Å². The minimum Gasteiger partial charge on any atom is -0.304 e. The van der Waals surface area contributed by atoms with Crippen LogP contribution in [0.25, 0.3) is 16.9 Å². The van der Waals surface area contributed by atoms with Crippen molar-refractivity contribution in [3.63, 3.8) is 0 Å². The highest BCUT2D eigenvalue weighted by Crippen LogP contribution is 2.30. The molecule has 4 aromatic rings. The minimum absolute atomic E-state index is 0.0846. The molecule has 0 aliphatic rings. The number of pyridine rings is 1. The second kappa shape index (κ2) is 7.92. The van der Waals surface area contributed by atoms with Crippen LogP contribution in [0.2, 0.25) is 10.0 Å². The first kappa shape index (κ1) is 20.7. The fourth-order valence-electron chi connectivity index (χ4n) is 2.80. The average molecular weight is 576 g/mol. The third-order valence-corrected chi connectivity index (χ3v) is 7.18. The van der Waals surface area contributed by atoms with E-state index in [1.165, 1.54) is 18.2 Å². The Hall–Kier alpha value is -1.58. The van der Waals surface area contributed by atoms with Crippen molar-refractivity contribution in [2.24, 2.45) is 0 Å². The number of hydrogen-bond acceptors (Lipinski definition) is 3. The standard InChI is InChI=1S/C19H11Br2Cl2N3O2S/c20-12-7-15(21)19-24-17(10-26(19)9-12)11-2-1-3-14(6-11)25-29(27,28)18-8-13(22)4-5-16(18)23/h1-10,25H. The summed E-state index contributed by atoms with van der Waals surface area (Å²) in [4.78, 5) is 4.54. The summed E-state index contributed by atoms with van der Waals surface area (Å²) in [6.45, 7) is 0. The van der Waals surface area contributed by atoms with Gasteiger partial charge in [0.05, 0.1) is 15.2 Å². The number of nitrogens with one attached hydrogen (secondary N) is 1. The van der Waals surface area contributed by atoms with E-state index in [9.17, 15) is 8.42 Å². The van der Waals surface area contributed by atoms with Crippen LogP contribution < -0.4 is 4.72 Å². The average Bonchev–Trinajstić information content (AvgIpc) is 3.08. The molecule has 2 heterocycles. The van der Waals surface area contributed by atoms with Gasteiger partial charge < -0.3 is 4.40 Å². The van der Waals surface area contributed by atoms with E-state index in [2.05, 4.69) is 41.6 Å². The zero-order valence-electron chi connectivity index (χ0n) is 14.4. The lowest BCUT2D eigenvalue weighted by atomic mass is 10.1. The van der Waals surface area contributed by atoms with Gasteiger partial charge in [0.2, 0.25) is 0 Å². The van der Waals surface area contributed by atoms with Crippen molar-refractivity contribution in [2.75, 3.05) is 4.72 Å². The third kappa shape index (κ3) is 4.32. The summed E-state index contributed by atoms with van der Waals surface area (Å²) in [5.41, 5.74) is 2.59. The van der Waals surface area contributed by atoms with Crippen LogP contribution in [0, 0.1) is 0 Å². The van der Waals surface area contributed by atoms with Crippen molar-refractivity contribution in [3.05, 3.63) is 79.9 Å². The van der Waals surface area contributed by atoms with Crippen LogP contribution in [-0.2, 0) is 10.0 Å². The van der Waals surface area contributed by atoms with Crippen LogP contribution in [0.4, 0.5) is 5.69 Å². The van der Waals surface area contributed by atoms with E-state index >= 15 is 0 Å². The highest BCUT2D eigenvalue weighted by Gasteiger charge is 2.19. The van der Waals surface area contributed by atoms with E-state index in [1.807, 2.05) is 28.9 Å².